The van der Waals surface area contributed by atoms with E-state index in [0.29, 0.717) is 16.9 Å². The second kappa shape index (κ2) is 7.87. The van der Waals surface area contributed by atoms with Gasteiger partial charge in [-0.3, -0.25) is 10.1 Å². The zero-order valence-corrected chi connectivity index (χ0v) is 12.8. The fourth-order valence-corrected chi connectivity index (χ4v) is 1.93. The molecule has 0 saturated carbocycles. The predicted molar refractivity (Wildman–Crippen MR) is 84.9 cm³/mol. The van der Waals surface area contributed by atoms with Gasteiger partial charge < -0.3 is 9.47 Å². The molecule has 124 valence electrons. The molecule has 0 aliphatic carbocycles. The molecular weight excluding hydrogens is 317 g/mol. The van der Waals surface area contributed by atoms with Gasteiger partial charge in [-0.2, -0.15) is 0 Å². The van der Waals surface area contributed by atoms with Crippen LogP contribution in [0.15, 0.2) is 48.5 Å². The standard InChI is InChI=1S/C17H14FNO5/c1-23-16-8-7-15(19(21)22)10-13(16)11-24-17(20)9-4-12-2-5-14(18)6-3-12/h2-10H,11H2,1H3/b9-4+. The van der Waals surface area contributed by atoms with Crippen LogP contribution in [0.2, 0.25) is 0 Å². The monoisotopic (exact) mass is 331 g/mol. The normalized spacial score (nSPS) is 10.6. The molecule has 7 heteroatoms. The highest BCUT2D eigenvalue weighted by Gasteiger charge is 2.12. The minimum Gasteiger partial charge on any atom is -0.496 e. The Morgan fingerprint density at radius 2 is 1.96 bits per heavy atom. The van der Waals surface area contributed by atoms with Crippen LogP contribution in [0.4, 0.5) is 10.1 Å². The van der Waals surface area contributed by atoms with Gasteiger partial charge >= 0.3 is 5.97 Å². The van der Waals surface area contributed by atoms with E-state index in [0.717, 1.165) is 0 Å². The van der Waals surface area contributed by atoms with Gasteiger partial charge in [0.2, 0.25) is 0 Å². The Morgan fingerprint density at radius 3 is 2.58 bits per heavy atom. The fraction of sp³-hybridized carbons (Fsp3) is 0.118. The molecule has 0 heterocycles. The third-order valence-corrected chi connectivity index (χ3v) is 3.13. The van der Waals surface area contributed by atoms with Gasteiger partial charge in [0, 0.05) is 23.8 Å². The van der Waals surface area contributed by atoms with Gasteiger partial charge in [0.05, 0.1) is 12.0 Å². The van der Waals surface area contributed by atoms with E-state index in [4.69, 9.17) is 9.47 Å². The number of ether oxygens (including phenoxy) is 2. The fourth-order valence-electron chi connectivity index (χ4n) is 1.93. The SMILES string of the molecule is COc1ccc([N+](=O)[O-])cc1COC(=O)/C=C/c1ccc(F)cc1. The number of hydrogen-bond donors (Lipinski definition) is 0. The summed E-state index contributed by atoms with van der Waals surface area (Å²) in [6, 6.07) is 9.62. The van der Waals surface area contributed by atoms with Gasteiger partial charge in [0.15, 0.2) is 0 Å². The lowest BCUT2D eigenvalue weighted by molar-refractivity contribution is -0.385. The van der Waals surface area contributed by atoms with Crippen molar-refractivity contribution < 1.29 is 23.6 Å². The van der Waals surface area contributed by atoms with Crippen molar-refractivity contribution in [2.24, 2.45) is 0 Å². The molecule has 0 N–H and O–H groups in total. The molecule has 6 nitrogen and oxygen atoms in total. The zero-order chi connectivity index (χ0) is 17.5. The van der Waals surface area contributed by atoms with Gasteiger partial charge in [-0.25, -0.2) is 9.18 Å². The lowest BCUT2D eigenvalue weighted by Gasteiger charge is -2.08. The molecule has 0 bridgehead atoms. The van der Waals surface area contributed by atoms with Crippen LogP contribution in [0.5, 0.6) is 5.75 Å². The molecule has 0 saturated heterocycles. The van der Waals surface area contributed by atoms with Crippen LogP contribution in [0.1, 0.15) is 11.1 Å². The zero-order valence-electron chi connectivity index (χ0n) is 12.8. The molecule has 2 rings (SSSR count). The predicted octanol–water partition coefficient (Wildman–Crippen LogP) is 3.50. The molecule has 0 radical (unpaired) electrons. The summed E-state index contributed by atoms with van der Waals surface area (Å²) in [5.41, 5.74) is 0.903. The minimum absolute atomic E-state index is 0.122. The number of methoxy groups -OCH3 is 1. The maximum atomic E-state index is 12.8. The number of esters is 1. The average Bonchev–Trinajstić information content (AvgIpc) is 2.59. The Hall–Kier alpha value is -3.22. The van der Waals surface area contributed by atoms with Gasteiger partial charge in [-0.05, 0) is 29.8 Å². The molecule has 24 heavy (non-hydrogen) atoms. The summed E-state index contributed by atoms with van der Waals surface area (Å²) < 4.78 is 22.9. The number of carbonyl (C=O) groups excluding carboxylic acids is 1. The summed E-state index contributed by atoms with van der Waals surface area (Å²) in [5.74, 6) is -0.615. The van der Waals surface area contributed by atoms with E-state index in [2.05, 4.69) is 0 Å². The largest absolute Gasteiger partial charge is 0.496 e. The number of nitro benzene ring substituents is 1. The molecule has 0 aliphatic rings. The summed E-state index contributed by atoms with van der Waals surface area (Å²) in [6.07, 6.45) is 2.67. The number of nitro groups is 1. The van der Waals surface area contributed by atoms with Gasteiger partial charge in [0.1, 0.15) is 18.2 Å². The van der Waals surface area contributed by atoms with E-state index >= 15 is 0 Å². The van der Waals surface area contributed by atoms with Gasteiger partial charge in [-0.1, -0.05) is 12.1 Å². The van der Waals surface area contributed by atoms with Crippen molar-refractivity contribution in [2.45, 2.75) is 6.61 Å². The number of hydrogen-bond acceptors (Lipinski definition) is 5. The number of benzene rings is 2. The summed E-state index contributed by atoms with van der Waals surface area (Å²) in [6.45, 7) is -0.169. The van der Waals surface area contributed by atoms with E-state index in [9.17, 15) is 19.3 Å². The van der Waals surface area contributed by atoms with E-state index < -0.39 is 10.9 Å². The topological polar surface area (TPSA) is 78.7 Å². The Morgan fingerprint density at radius 1 is 1.25 bits per heavy atom. The Balaban J connectivity index is 2.01. The third kappa shape index (κ3) is 4.64. The van der Waals surface area contributed by atoms with Crippen LogP contribution in [0.25, 0.3) is 6.08 Å². The van der Waals surface area contributed by atoms with E-state index in [-0.39, 0.29) is 18.1 Å². The van der Waals surface area contributed by atoms with Crippen molar-refractivity contribution in [1.82, 2.24) is 0 Å². The first-order valence-corrected chi connectivity index (χ1v) is 6.91. The van der Waals surface area contributed by atoms with Crippen molar-refractivity contribution in [1.29, 1.82) is 0 Å². The summed E-state index contributed by atoms with van der Waals surface area (Å²) in [4.78, 5) is 22.0. The van der Waals surface area contributed by atoms with Crippen LogP contribution >= 0.6 is 0 Å². The molecule has 0 atom stereocenters. The lowest BCUT2D eigenvalue weighted by atomic mass is 10.2. The van der Waals surface area contributed by atoms with Crippen LogP contribution in [0.3, 0.4) is 0 Å². The Labute approximate surface area is 137 Å². The van der Waals surface area contributed by atoms with Crippen molar-refractivity contribution in [3.8, 4) is 5.75 Å². The number of non-ortho nitro benzene ring substituents is 1. The second-order valence-electron chi connectivity index (χ2n) is 4.75. The molecule has 0 aliphatic heterocycles. The van der Waals surface area contributed by atoms with Crippen molar-refractivity contribution in [3.63, 3.8) is 0 Å². The first-order chi connectivity index (χ1) is 11.5. The lowest BCUT2D eigenvalue weighted by Crippen LogP contribution is -2.03. The van der Waals surface area contributed by atoms with E-state index in [1.807, 2.05) is 0 Å². The smallest absolute Gasteiger partial charge is 0.331 e. The molecule has 0 aromatic heterocycles. The number of rotatable bonds is 6. The third-order valence-electron chi connectivity index (χ3n) is 3.13. The van der Waals surface area contributed by atoms with Crippen LogP contribution in [-0.2, 0) is 16.1 Å². The Kier molecular flexibility index (Phi) is 5.62. The number of halogens is 1. The summed E-state index contributed by atoms with van der Waals surface area (Å²) in [7, 11) is 1.42. The van der Waals surface area contributed by atoms with Crippen LogP contribution < -0.4 is 4.74 Å². The van der Waals surface area contributed by atoms with Crippen molar-refractivity contribution >= 4 is 17.7 Å². The molecule has 0 fully saturated rings. The minimum atomic E-state index is -0.632. The van der Waals surface area contributed by atoms with Crippen LogP contribution in [-0.4, -0.2) is 18.0 Å². The van der Waals surface area contributed by atoms with Crippen molar-refractivity contribution in [3.05, 3.63) is 75.6 Å². The average molecular weight is 331 g/mol. The number of nitrogens with zero attached hydrogens (tertiary/aromatic N) is 1. The highest BCUT2D eigenvalue weighted by molar-refractivity contribution is 5.87. The molecular formula is C17H14FNO5. The van der Waals surface area contributed by atoms with Gasteiger partial charge in [0.25, 0.3) is 5.69 Å². The van der Waals surface area contributed by atoms with E-state index in [1.54, 1.807) is 0 Å². The quantitative estimate of drug-likeness (QED) is 0.350. The van der Waals surface area contributed by atoms with Gasteiger partial charge in [-0.15, -0.1) is 0 Å². The molecule has 2 aromatic rings. The highest BCUT2D eigenvalue weighted by Crippen LogP contribution is 2.24. The summed E-state index contributed by atoms with van der Waals surface area (Å²) >= 11 is 0. The molecule has 2 aromatic carbocycles. The first-order valence-electron chi connectivity index (χ1n) is 6.91. The number of carbonyl (C=O) groups is 1. The molecule has 0 spiro atoms. The Bertz CT molecular complexity index is 771. The molecule has 0 unspecified atom stereocenters. The van der Waals surface area contributed by atoms with Crippen molar-refractivity contribution in [2.75, 3.05) is 7.11 Å². The maximum Gasteiger partial charge on any atom is 0.331 e. The highest BCUT2D eigenvalue weighted by atomic mass is 19.1. The first kappa shape index (κ1) is 17.1. The summed E-state index contributed by atoms with van der Waals surface area (Å²) in [5, 5.41) is 10.8. The maximum absolute atomic E-state index is 12.8. The molecule has 0 amide bonds. The second-order valence-corrected chi connectivity index (χ2v) is 4.75. The van der Waals surface area contributed by atoms with Crippen LogP contribution in [0, 0.1) is 15.9 Å². The van der Waals surface area contributed by atoms with E-state index in [1.165, 1.54) is 61.7 Å².